The number of rotatable bonds is 14. The Morgan fingerprint density at radius 1 is 0.340 bits per heavy atom. The molecular weight excluding hydrogens is 670 g/mol. The van der Waals surface area contributed by atoms with Gasteiger partial charge in [-0.2, -0.15) is 9.13 Å². The second-order valence-electron chi connectivity index (χ2n) is 11.4. The zero-order valence-electron chi connectivity index (χ0n) is 26.8. The van der Waals surface area contributed by atoms with E-state index in [1.165, 1.54) is 0 Å². The van der Waals surface area contributed by atoms with Crippen LogP contribution in [0.15, 0.2) is 170 Å². The molecule has 0 fully saturated rings. The molecule has 0 bridgehead atoms. The van der Waals surface area contributed by atoms with Crippen LogP contribution >= 0.6 is 15.6 Å². The van der Waals surface area contributed by atoms with Gasteiger partial charge in [0.2, 0.25) is 0 Å². The predicted octanol–water partition coefficient (Wildman–Crippen LogP) is 11.9. The summed E-state index contributed by atoms with van der Waals surface area (Å²) < 4.78 is 62.4. The van der Waals surface area contributed by atoms with Gasteiger partial charge in [0, 0.05) is 5.41 Å². The summed E-state index contributed by atoms with van der Waals surface area (Å²) in [6.45, 7) is 4.14. The average molecular weight is 709 g/mol. The molecule has 0 saturated carbocycles. The molecule has 0 aliphatic carbocycles. The molecule has 6 aromatic rings. The van der Waals surface area contributed by atoms with E-state index in [-0.39, 0.29) is 7.43 Å². The molecule has 0 aliphatic rings. The van der Waals surface area contributed by atoms with Crippen molar-refractivity contribution in [3.8, 4) is 34.5 Å². The van der Waals surface area contributed by atoms with Crippen molar-refractivity contribution in [2.45, 2.75) is 26.7 Å². The lowest BCUT2D eigenvalue weighted by Gasteiger charge is -2.27. The van der Waals surface area contributed by atoms with Crippen molar-refractivity contribution >= 4 is 15.6 Å². The maximum absolute atomic E-state index is 13.8. The zero-order valence-corrected chi connectivity index (χ0v) is 28.6. The molecule has 0 heterocycles. The Kier molecular flexibility index (Phi) is 11.4. The molecule has 0 spiro atoms. The van der Waals surface area contributed by atoms with Gasteiger partial charge in [-0.05, 0) is 83.9 Å². The van der Waals surface area contributed by atoms with Crippen LogP contribution in [0.4, 0.5) is 0 Å². The van der Waals surface area contributed by atoms with Gasteiger partial charge < -0.3 is 27.1 Å². The van der Waals surface area contributed by atoms with Crippen molar-refractivity contribution in [1.29, 1.82) is 0 Å². The highest BCUT2D eigenvalue weighted by Crippen LogP contribution is 2.51. The summed E-state index contributed by atoms with van der Waals surface area (Å²) >= 11 is 0. The number of benzene rings is 6. The van der Waals surface area contributed by atoms with Gasteiger partial charge in [-0.15, -0.1) is 0 Å². The molecule has 256 valence electrons. The first-order chi connectivity index (χ1) is 23.7. The Hall–Kier alpha value is -5.42. The fourth-order valence-electron chi connectivity index (χ4n) is 4.84. The highest BCUT2D eigenvalue weighted by molar-refractivity contribution is 7.50. The Bertz CT molecular complexity index is 1780. The summed E-state index contributed by atoms with van der Waals surface area (Å²) in [5.74, 6) is 2.02. The molecule has 6 aromatic carbocycles. The van der Waals surface area contributed by atoms with Crippen LogP contribution in [0.3, 0.4) is 0 Å². The van der Waals surface area contributed by atoms with E-state index in [9.17, 15) is 9.13 Å². The number of hydrogen-bond donors (Lipinski definition) is 0. The number of hydrogen-bond acceptors (Lipinski definition) is 8. The lowest BCUT2D eigenvalue weighted by atomic mass is 9.78. The van der Waals surface area contributed by atoms with Gasteiger partial charge in [-0.3, -0.25) is 0 Å². The monoisotopic (exact) mass is 708 g/mol. The van der Waals surface area contributed by atoms with Crippen molar-refractivity contribution in [3.05, 3.63) is 181 Å². The highest BCUT2D eigenvalue weighted by atomic mass is 31.2. The maximum atomic E-state index is 13.8. The van der Waals surface area contributed by atoms with E-state index in [1.807, 2.05) is 48.5 Å². The average Bonchev–Trinajstić information content (AvgIpc) is 3.10. The van der Waals surface area contributed by atoms with Crippen molar-refractivity contribution in [2.24, 2.45) is 0 Å². The van der Waals surface area contributed by atoms with Crippen LogP contribution in [0, 0.1) is 0 Å². The molecule has 0 unspecified atom stereocenters. The minimum atomic E-state index is -4.12. The first-order valence-corrected chi connectivity index (χ1v) is 18.4. The number of para-hydroxylation sites is 4. The summed E-state index contributed by atoms with van der Waals surface area (Å²) in [6, 6.07) is 49.4. The Labute approximate surface area is 293 Å². The zero-order chi connectivity index (χ0) is 34.2. The minimum Gasteiger partial charge on any atom is -0.386 e. The van der Waals surface area contributed by atoms with E-state index in [1.54, 1.807) is 121 Å². The first-order valence-electron chi connectivity index (χ1n) is 15.5. The molecule has 10 heteroatoms. The van der Waals surface area contributed by atoms with E-state index in [4.69, 9.17) is 27.1 Å². The predicted molar refractivity (Wildman–Crippen MR) is 196 cm³/mol. The molecule has 0 saturated heterocycles. The first kappa shape index (κ1) is 35.9. The molecule has 6 rings (SSSR count). The van der Waals surface area contributed by atoms with Gasteiger partial charge in [-0.1, -0.05) is 118 Å². The quantitative estimate of drug-likeness (QED) is 0.103. The van der Waals surface area contributed by atoms with Crippen LogP contribution in [0.25, 0.3) is 0 Å². The van der Waals surface area contributed by atoms with Crippen LogP contribution in [0.1, 0.15) is 32.4 Å². The third-order valence-corrected chi connectivity index (χ3v) is 10.0. The second-order valence-corrected chi connectivity index (χ2v) is 14.3. The molecule has 0 atom stereocenters. The third-order valence-electron chi connectivity index (χ3n) is 7.43. The fourth-order valence-corrected chi connectivity index (χ4v) is 7.35. The third kappa shape index (κ3) is 9.38. The maximum Gasteiger partial charge on any atom is 0.647 e. The van der Waals surface area contributed by atoms with Gasteiger partial charge in [0.25, 0.3) is 0 Å². The Morgan fingerprint density at radius 2 is 0.540 bits per heavy atom. The van der Waals surface area contributed by atoms with E-state index >= 15 is 0 Å². The Morgan fingerprint density at radius 3 is 0.760 bits per heavy atom. The van der Waals surface area contributed by atoms with Gasteiger partial charge in [0.15, 0.2) is 0 Å². The summed E-state index contributed by atoms with van der Waals surface area (Å²) in [7, 11) is -8.25. The van der Waals surface area contributed by atoms with Crippen molar-refractivity contribution < 1.29 is 36.3 Å². The molecule has 0 aromatic heterocycles. The van der Waals surface area contributed by atoms with Crippen LogP contribution in [0.2, 0.25) is 0 Å². The second kappa shape index (κ2) is 15.9. The van der Waals surface area contributed by atoms with E-state index in [0.717, 1.165) is 11.1 Å². The van der Waals surface area contributed by atoms with Crippen LogP contribution in [0.5, 0.6) is 34.5 Å². The Balaban J connectivity index is 0.00000486. The molecule has 50 heavy (non-hydrogen) atoms. The van der Waals surface area contributed by atoms with Gasteiger partial charge in [0.1, 0.15) is 34.5 Å². The van der Waals surface area contributed by atoms with Gasteiger partial charge in [-0.25, -0.2) is 0 Å². The number of phosphoric ester groups is 2. The topological polar surface area (TPSA) is 89.5 Å². The fraction of sp³-hybridized carbons (Fsp3) is 0.100. The van der Waals surface area contributed by atoms with Crippen LogP contribution in [-0.4, -0.2) is 0 Å². The van der Waals surface area contributed by atoms with Gasteiger partial charge in [0.05, 0.1) is 0 Å². The van der Waals surface area contributed by atoms with E-state index < -0.39 is 21.1 Å². The molecular formula is C40H38O8P2. The number of phosphoric acid groups is 2. The normalized spacial score (nSPS) is 11.4. The molecule has 0 amide bonds. The minimum absolute atomic E-state index is 0. The van der Waals surface area contributed by atoms with Gasteiger partial charge >= 0.3 is 15.6 Å². The molecule has 0 radical (unpaired) electrons. The summed E-state index contributed by atoms with van der Waals surface area (Å²) in [5, 5.41) is 0. The lowest BCUT2D eigenvalue weighted by Crippen LogP contribution is -2.18. The van der Waals surface area contributed by atoms with Crippen molar-refractivity contribution in [3.63, 3.8) is 0 Å². The largest absolute Gasteiger partial charge is 0.647 e. The molecule has 8 nitrogen and oxygen atoms in total. The highest BCUT2D eigenvalue weighted by Gasteiger charge is 2.35. The molecule has 0 N–H and O–H groups in total. The van der Waals surface area contributed by atoms with E-state index in [0.29, 0.717) is 34.5 Å². The van der Waals surface area contributed by atoms with E-state index in [2.05, 4.69) is 13.8 Å². The van der Waals surface area contributed by atoms with Crippen molar-refractivity contribution in [2.75, 3.05) is 0 Å². The van der Waals surface area contributed by atoms with Crippen LogP contribution in [-0.2, 0) is 14.5 Å². The van der Waals surface area contributed by atoms with Crippen LogP contribution < -0.4 is 27.1 Å². The summed E-state index contributed by atoms with van der Waals surface area (Å²) in [4.78, 5) is 0. The van der Waals surface area contributed by atoms with Crippen molar-refractivity contribution in [1.82, 2.24) is 0 Å². The summed E-state index contributed by atoms with van der Waals surface area (Å²) in [6.07, 6.45) is 0. The lowest BCUT2D eigenvalue weighted by molar-refractivity contribution is 0.296. The standard InChI is InChI=1S/C39H34O8P2.CH4/c1-39(2,31-23-27-37(28-24-31)46-48(40,42-33-15-7-3-8-16-33)43-34-17-9-4-10-18-34)32-25-29-38(30-26-32)47-49(41,44-35-19-11-5-12-20-35)45-36-21-13-6-14-22-36;/h3-30H,1-2H3;1H4. The smallest absolute Gasteiger partial charge is 0.386 e. The SMILES string of the molecule is C.CC(C)(c1ccc(OP(=O)(Oc2ccccc2)Oc2ccccc2)cc1)c1ccc(OP(=O)(Oc2ccccc2)Oc2ccccc2)cc1. The summed E-state index contributed by atoms with van der Waals surface area (Å²) in [5.41, 5.74) is 1.45. The molecule has 0 aliphatic heterocycles.